The Hall–Kier alpha value is -2.74. The summed E-state index contributed by atoms with van der Waals surface area (Å²) >= 11 is 0. The van der Waals surface area contributed by atoms with E-state index in [1.807, 2.05) is 44.2 Å². The normalized spacial score (nSPS) is 12.6. The quantitative estimate of drug-likeness (QED) is 0.547. The van der Waals surface area contributed by atoms with Gasteiger partial charge in [-0.25, -0.2) is 0 Å². The molecule has 2 rings (SSSR count). The summed E-state index contributed by atoms with van der Waals surface area (Å²) in [5, 5.41) is 9.64. The van der Waals surface area contributed by atoms with Crippen molar-refractivity contribution in [2.75, 3.05) is 7.11 Å². The first-order chi connectivity index (χ1) is 13.0. The third-order valence-corrected chi connectivity index (χ3v) is 4.60. The first kappa shape index (κ1) is 22.3. The van der Waals surface area contributed by atoms with E-state index >= 15 is 0 Å². The molecule has 0 heterocycles. The highest BCUT2D eigenvalue weighted by molar-refractivity contribution is 5.45. The molecule has 0 saturated carbocycles. The minimum atomic E-state index is 0.133. The van der Waals surface area contributed by atoms with Crippen molar-refractivity contribution >= 4 is 0 Å². The van der Waals surface area contributed by atoms with Crippen molar-refractivity contribution in [3.8, 4) is 11.5 Å². The fourth-order valence-corrected chi connectivity index (χ4v) is 3.10. The number of hydrogen-bond acceptors (Lipinski definition) is 2. The Morgan fingerprint density at radius 3 is 2.26 bits per heavy atom. The van der Waals surface area contributed by atoms with Gasteiger partial charge in [-0.05, 0) is 53.8 Å². The molecule has 0 amide bonds. The summed E-state index contributed by atoms with van der Waals surface area (Å²) in [6, 6.07) is 13.6. The van der Waals surface area contributed by atoms with E-state index < -0.39 is 0 Å². The molecule has 0 spiro atoms. The zero-order valence-electron chi connectivity index (χ0n) is 17.2. The first-order valence-corrected chi connectivity index (χ1v) is 9.39. The highest BCUT2D eigenvalue weighted by Gasteiger charge is 2.24. The van der Waals surface area contributed by atoms with Crippen LogP contribution in [0.15, 0.2) is 79.4 Å². The number of ether oxygens (including phenoxy) is 1. The Bertz CT molecular complexity index is 769. The molecule has 27 heavy (non-hydrogen) atoms. The zero-order chi connectivity index (χ0) is 20.4. The maximum atomic E-state index is 9.64. The van der Waals surface area contributed by atoms with Crippen LogP contribution in [0.4, 0.5) is 0 Å². The SMILES string of the molecule is C=C/C=C\C(=C)C(C)[C@H](c1ccc(O)cc1)c1ccc(OC)cc1C.CC. The van der Waals surface area contributed by atoms with E-state index in [-0.39, 0.29) is 17.6 Å². The Morgan fingerprint density at radius 2 is 1.74 bits per heavy atom. The van der Waals surface area contributed by atoms with E-state index in [2.05, 4.69) is 39.1 Å². The number of rotatable bonds is 7. The molecule has 2 atom stereocenters. The van der Waals surface area contributed by atoms with E-state index in [4.69, 9.17) is 4.74 Å². The first-order valence-electron chi connectivity index (χ1n) is 9.39. The third kappa shape index (κ3) is 5.89. The van der Waals surface area contributed by atoms with E-state index in [1.165, 1.54) is 11.1 Å². The lowest BCUT2D eigenvalue weighted by molar-refractivity contribution is 0.414. The summed E-state index contributed by atoms with van der Waals surface area (Å²) in [4.78, 5) is 0. The summed E-state index contributed by atoms with van der Waals surface area (Å²) < 4.78 is 5.34. The molecule has 144 valence electrons. The molecular weight excluding hydrogens is 332 g/mol. The van der Waals surface area contributed by atoms with Crippen LogP contribution in [0.3, 0.4) is 0 Å². The number of phenolic OH excluding ortho intramolecular Hbond substituents is 1. The summed E-state index contributed by atoms with van der Waals surface area (Å²) in [7, 11) is 1.68. The standard InChI is InChI=1S/C23H26O2.C2H6/c1-6-7-8-16(2)18(4)23(19-9-11-20(24)12-10-19)22-14-13-21(25-5)15-17(22)3;1-2/h6-15,18,23-24H,1-2H2,3-5H3;1-2H3/b8-7-;/t18?,23-;/m1./s1. The molecule has 2 aromatic carbocycles. The van der Waals surface area contributed by atoms with E-state index in [1.54, 1.807) is 25.3 Å². The number of hydrogen-bond donors (Lipinski definition) is 1. The monoisotopic (exact) mass is 364 g/mol. The number of methoxy groups -OCH3 is 1. The molecule has 0 fully saturated rings. The van der Waals surface area contributed by atoms with Crippen LogP contribution < -0.4 is 4.74 Å². The van der Waals surface area contributed by atoms with Crippen LogP contribution in [0.5, 0.6) is 11.5 Å². The molecule has 0 aliphatic carbocycles. The van der Waals surface area contributed by atoms with Gasteiger partial charge in [0.25, 0.3) is 0 Å². The van der Waals surface area contributed by atoms with Crippen LogP contribution in [0.25, 0.3) is 0 Å². The molecular formula is C25H32O2. The molecule has 0 aliphatic heterocycles. The second kappa shape index (κ2) is 11.1. The van der Waals surface area contributed by atoms with E-state index in [0.717, 1.165) is 16.9 Å². The van der Waals surface area contributed by atoms with Crippen molar-refractivity contribution in [2.24, 2.45) is 5.92 Å². The summed E-state index contributed by atoms with van der Waals surface area (Å²) in [5.74, 6) is 1.44. The highest BCUT2D eigenvalue weighted by Crippen LogP contribution is 2.38. The van der Waals surface area contributed by atoms with Gasteiger partial charge in [0.2, 0.25) is 0 Å². The fourth-order valence-electron chi connectivity index (χ4n) is 3.10. The van der Waals surface area contributed by atoms with Crippen LogP contribution >= 0.6 is 0 Å². The van der Waals surface area contributed by atoms with Gasteiger partial charge < -0.3 is 9.84 Å². The number of aromatic hydroxyl groups is 1. The Kier molecular flexibility index (Phi) is 9.15. The van der Waals surface area contributed by atoms with Gasteiger partial charge in [-0.2, -0.15) is 0 Å². The van der Waals surface area contributed by atoms with Crippen molar-refractivity contribution in [1.82, 2.24) is 0 Å². The van der Waals surface area contributed by atoms with E-state index in [9.17, 15) is 5.11 Å². The molecule has 2 aromatic rings. The van der Waals surface area contributed by atoms with Gasteiger partial charge in [0.1, 0.15) is 11.5 Å². The molecule has 1 N–H and O–H groups in total. The van der Waals surface area contributed by atoms with Gasteiger partial charge in [-0.15, -0.1) is 0 Å². The second-order valence-corrected chi connectivity index (χ2v) is 6.25. The van der Waals surface area contributed by atoms with Crippen molar-refractivity contribution in [2.45, 2.75) is 33.6 Å². The van der Waals surface area contributed by atoms with Crippen LogP contribution in [0.1, 0.15) is 43.4 Å². The van der Waals surface area contributed by atoms with Crippen LogP contribution in [0, 0.1) is 12.8 Å². The summed E-state index contributed by atoms with van der Waals surface area (Å²) in [5.41, 5.74) is 4.58. The fraction of sp³-hybridized carbons (Fsp3) is 0.280. The Balaban J connectivity index is 0.00000176. The van der Waals surface area contributed by atoms with Crippen LogP contribution in [0.2, 0.25) is 0 Å². The van der Waals surface area contributed by atoms with Gasteiger partial charge in [-0.3, -0.25) is 0 Å². The topological polar surface area (TPSA) is 29.5 Å². The van der Waals surface area contributed by atoms with Crippen molar-refractivity contribution in [3.63, 3.8) is 0 Å². The van der Waals surface area contributed by atoms with Crippen LogP contribution in [-0.2, 0) is 0 Å². The molecule has 0 bridgehead atoms. The highest BCUT2D eigenvalue weighted by atomic mass is 16.5. The second-order valence-electron chi connectivity index (χ2n) is 6.25. The van der Waals surface area contributed by atoms with E-state index in [0.29, 0.717) is 0 Å². The molecule has 2 heteroatoms. The third-order valence-electron chi connectivity index (χ3n) is 4.60. The predicted molar refractivity (Wildman–Crippen MR) is 117 cm³/mol. The van der Waals surface area contributed by atoms with Gasteiger partial charge in [0.15, 0.2) is 0 Å². The van der Waals surface area contributed by atoms with Gasteiger partial charge >= 0.3 is 0 Å². The maximum absolute atomic E-state index is 9.64. The average Bonchev–Trinajstić information content (AvgIpc) is 2.70. The number of allylic oxidation sites excluding steroid dienone is 4. The minimum Gasteiger partial charge on any atom is -0.508 e. The van der Waals surface area contributed by atoms with Crippen molar-refractivity contribution < 1.29 is 9.84 Å². The van der Waals surface area contributed by atoms with Gasteiger partial charge in [0, 0.05) is 5.92 Å². The number of phenols is 1. The molecule has 0 radical (unpaired) electrons. The van der Waals surface area contributed by atoms with Gasteiger partial charge in [0.05, 0.1) is 7.11 Å². The lowest BCUT2D eigenvalue weighted by Gasteiger charge is -2.27. The summed E-state index contributed by atoms with van der Waals surface area (Å²) in [6.07, 6.45) is 5.67. The molecule has 0 aliphatic rings. The van der Waals surface area contributed by atoms with Gasteiger partial charge in [-0.1, -0.05) is 75.9 Å². The lowest BCUT2D eigenvalue weighted by atomic mass is 9.77. The van der Waals surface area contributed by atoms with Crippen LogP contribution in [-0.4, -0.2) is 12.2 Å². The van der Waals surface area contributed by atoms with Crippen molar-refractivity contribution in [3.05, 3.63) is 96.1 Å². The predicted octanol–water partition coefficient (Wildman–Crippen LogP) is 6.80. The maximum Gasteiger partial charge on any atom is 0.119 e. The minimum absolute atomic E-state index is 0.133. The largest absolute Gasteiger partial charge is 0.508 e. The molecule has 0 saturated heterocycles. The number of aryl methyl sites for hydroxylation is 1. The Morgan fingerprint density at radius 1 is 1.11 bits per heavy atom. The smallest absolute Gasteiger partial charge is 0.119 e. The molecule has 0 aromatic heterocycles. The number of benzene rings is 2. The molecule has 1 unspecified atom stereocenters. The average molecular weight is 365 g/mol. The summed E-state index contributed by atoms with van der Waals surface area (Å²) in [6.45, 7) is 16.2. The zero-order valence-corrected chi connectivity index (χ0v) is 17.2. The molecule has 2 nitrogen and oxygen atoms in total. The Labute approximate surface area is 164 Å². The lowest BCUT2D eigenvalue weighted by Crippen LogP contribution is -2.14. The van der Waals surface area contributed by atoms with Crippen molar-refractivity contribution in [1.29, 1.82) is 0 Å².